The summed E-state index contributed by atoms with van der Waals surface area (Å²) >= 11 is 0. The van der Waals surface area contributed by atoms with Crippen LogP contribution in [0.1, 0.15) is 29.3 Å². The lowest BCUT2D eigenvalue weighted by atomic mass is 10.0. The highest BCUT2D eigenvalue weighted by molar-refractivity contribution is 5.90. The number of nitrogens with zero attached hydrogens (tertiary/aromatic N) is 2. The van der Waals surface area contributed by atoms with E-state index in [-0.39, 0.29) is 18.8 Å². The van der Waals surface area contributed by atoms with Gasteiger partial charge in [0.25, 0.3) is 0 Å². The summed E-state index contributed by atoms with van der Waals surface area (Å²) in [4.78, 5) is 30.4. The summed E-state index contributed by atoms with van der Waals surface area (Å²) in [7, 11) is 1.62. The normalized spacial score (nSPS) is 18.5. The molecule has 0 saturated carbocycles. The van der Waals surface area contributed by atoms with Crippen LogP contribution in [0.25, 0.3) is 0 Å². The summed E-state index contributed by atoms with van der Waals surface area (Å²) in [6.45, 7) is 3.52. The first-order chi connectivity index (χ1) is 14.6. The fraction of sp³-hybridized carbons (Fsp3) is 0.409. The highest BCUT2D eigenvalue weighted by Gasteiger charge is 2.31. The van der Waals surface area contributed by atoms with Crippen LogP contribution in [0.15, 0.2) is 48.8 Å². The number of anilines is 1. The fourth-order valence-electron chi connectivity index (χ4n) is 3.40. The lowest BCUT2D eigenvalue weighted by Gasteiger charge is -2.38. The van der Waals surface area contributed by atoms with Gasteiger partial charge < -0.3 is 24.4 Å². The average molecular weight is 413 g/mol. The minimum Gasteiger partial charge on any atom is -0.462 e. The Bertz CT molecular complexity index is 846. The molecule has 1 aromatic heterocycles. The first kappa shape index (κ1) is 21.6. The van der Waals surface area contributed by atoms with E-state index in [1.165, 1.54) is 6.20 Å². The SMILES string of the molecule is CCOC(=O)c1cncc(N2CC[C@@H](NC(=O)OCc3ccccc3)[C@@H](OC)C2)c1. The van der Waals surface area contributed by atoms with Gasteiger partial charge in [-0.05, 0) is 25.0 Å². The van der Waals surface area contributed by atoms with Crippen molar-refractivity contribution >= 4 is 17.7 Å². The van der Waals surface area contributed by atoms with Gasteiger partial charge in [-0.1, -0.05) is 30.3 Å². The fourth-order valence-corrected chi connectivity index (χ4v) is 3.40. The van der Waals surface area contributed by atoms with E-state index in [0.717, 1.165) is 11.3 Å². The van der Waals surface area contributed by atoms with Crippen LogP contribution in [0.2, 0.25) is 0 Å². The molecule has 2 heterocycles. The Balaban J connectivity index is 1.56. The van der Waals surface area contributed by atoms with Gasteiger partial charge in [0.15, 0.2) is 0 Å². The van der Waals surface area contributed by atoms with E-state index >= 15 is 0 Å². The van der Waals surface area contributed by atoms with Gasteiger partial charge in [-0.25, -0.2) is 9.59 Å². The van der Waals surface area contributed by atoms with Gasteiger partial charge >= 0.3 is 12.1 Å². The molecule has 1 saturated heterocycles. The molecule has 1 N–H and O–H groups in total. The summed E-state index contributed by atoms with van der Waals surface area (Å²) in [5, 5.41) is 2.91. The van der Waals surface area contributed by atoms with E-state index in [1.807, 2.05) is 30.3 Å². The number of benzene rings is 1. The van der Waals surface area contributed by atoms with Gasteiger partial charge in [0.05, 0.1) is 36.2 Å². The number of aromatic nitrogens is 1. The van der Waals surface area contributed by atoms with Crippen LogP contribution < -0.4 is 10.2 Å². The minimum atomic E-state index is -0.467. The second kappa shape index (κ2) is 10.6. The number of esters is 1. The molecule has 0 unspecified atom stereocenters. The van der Waals surface area contributed by atoms with Crippen LogP contribution in [0.5, 0.6) is 0 Å². The lowest BCUT2D eigenvalue weighted by molar-refractivity contribution is 0.0524. The molecule has 0 radical (unpaired) electrons. The van der Waals surface area contributed by atoms with Crippen molar-refractivity contribution in [3.8, 4) is 0 Å². The standard InChI is InChI=1S/C22H27N3O5/c1-3-29-21(26)17-11-18(13-23-12-17)25-10-9-19(20(14-25)28-2)24-22(27)30-15-16-7-5-4-6-8-16/h4-8,11-13,19-20H,3,9-10,14-15H2,1-2H3,(H,24,27)/t19-,20+/m1/s1. The Morgan fingerprint density at radius 3 is 2.73 bits per heavy atom. The summed E-state index contributed by atoms with van der Waals surface area (Å²) in [6, 6.07) is 11.1. The number of nitrogens with one attached hydrogen (secondary N) is 1. The molecule has 8 heteroatoms. The maximum atomic E-state index is 12.2. The second-order valence-corrected chi connectivity index (χ2v) is 6.97. The third-order valence-electron chi connectivity index (χ3n) is 4.98. The van der Waals surface area contributed by atoms with Crippen molar-refractivity contribution < 1.29 is 23.8 Å². The zero-order valence-electron chi connectivity index (χ0n) is 17.2. The van der Waals surface area contributed by atoms with E-state index in [1.54, 1.807) is 26.3 Å². The molecule has 1 aromatic carbocycles. The molecule has 1 amide bonds. The predicted molar refractivity (Wildman–Crippen MR) is 111 cm³/mol. The van der Waals surface area contributed by atoms with Crippen molar-refractivity contribution in [3.63, 3.8) is 0 Å². The summed E-state index contributed by atoms with van der Waals surface area (Å²) in [5.74, 6) is -0.396. The topological polar surface area (TPSA) is 90.0 Å². The number of pyridine rings is 1. The molecular weight excluding hydrogens is 386 g/mol. The van der Waals surface area contributed by atoms with E-state index < -0.39 is 12.1 Å². The van der Waals surface area contributed by atoms with Crippen molar-refractivity contribution in [2.75, 3.05) is 31.7 Å². The Morgan fingerprint density at radius 1 is 1.20 bits per heavy atom. The van der Waals surface area contributed by atoms with Gasteiger partial charge in [-0.2, -0.15) is 0 Å². The van der Waals surface area contributed by atoms with Crippen molar-refractivity contribution in [1.29, 1.82) is 0 Å². The van der Waals surface area contributed by atoms with Crippen molar-refractivity contribution in [2.45, 2.75) is 32.1 Å². The molecule has 160 valence electrons. The molecule has 0 aliphatic carbocycles. The predicted octanol–water partition coefficient (Wildman–Crippen LogP) is 2.78. The van der Waals surface area contributed by atoms with Crippen LogP contribution in [0.4, 0.5) is 10.5 Å². The number of carbonyl (C=O) groups is 2. The zero-order valence-corrected chi connectivity index (χ0v) is 17.2. The number of piperidine rings is 1. The van der Waals surface area contributed by atoms with Gasteiger partial charge in [-0.15, -0.1) is 0 Å². The van der Waals surface area contributed by atoms with E-state index in [9.17, 15) is 9.59 Å². The molecule has 0 bridgehead atoms. The number of amides is 1. The number of carbonyl (C=O) groups excluding carboxylic acids is 2. The molecule has 1 aliphatic rings. The van der Waals surface area contributed by atoms with E-state index in [0.29, 0.717) is 31.7 Å². The molecule has 2 atom stereocenters. The van der Waals surface area contributed by atoms with Crippen LogP contribution in [-0.2, 0) is 20.8 Å². The highest BCUT2D eigenvalue weighted by Crippen LogP contribution is 2.22. The monoisotopic (exact) mass is 413 g/mol. The average Bonchev–Trinajstić information content (AvgIpc) is 2.79. The number of ether oxygens (including phenoxy) is 3. The lowest BCUT2D eigenvalue weighted by Crippen LogP contribution is -2.55. The Morgan fingerprint density at radius 2 is 2.00 bits per heavy atom. The quantitative estimate of drug-likeness (QED) is 0.698. The number of alkyl carbamates (subject to hydrolysis) is 1. The van der Waals surface area contributed by atoms with Gasteiger partial charge in [0.2, 0.25) is 0 Å². The first-order valence-electron chi connectivity index (χ1n) is 9.97. The van der Waals surface area contributed by atoms with Gasteiger partial charge in [0.1, 0.15) is 6.61 Å². The molecule has 30 heavy (non-hydrogen) atoms. The van der Waals surface area contributed by atoms with Crippen LogP contribution in [0.3, 0.4) is 0 Å². The largest absolute Gasteiger partial charge is 0.462 e. The van der Waals surface area contributed by atoms with Crippen molar-refractivity contribution in [3.05, 3.63) is 59.9 Å². The number of hydrogen-bond donors (Lipinski definition) is 1. The number of rotatable bonds is 7. The second-order valence-electron chi connectivity index (χ2n) is 6.97. The Kier molecular flexibility index (Phi) is 7.62. The van der Waals surface area contributed by atoms with Gasteiger partial charge in [-0.3, -0.25) is 4.98 Å². The number of methoxy groups -OCH3 is 1. The van der Waals surface area contributed by atoms with Crippen molar-refractivity contribution in [2.24, 2.45) is 0 Å². The highest BCUT2D eigenvalue weighted by atomic mass is 16.5. The Labute approximate surface area is 176 Å². The minimum absolute atomic E-state index is 0.171. The summed E-state index contributed by atoms with van der Waals surface area (Å²) in [5.41, 5.74) is 2.15. The van der Waals surface area contributed by atoms with E-state index in [4.69, 9.17) is 14.2 Å². The molecule has 1 fully saturated rings. The third kappa shape index (κ3) is 5.70. The maximum Gasteiger partial charge on any atom is 0.407 e. The maximum absolute atomic E-state index is 12.2. The van der Waals surface area contributed by atoms with Crippen LogP contribution in [0, 0.1) is 0 Å². The molecule has 1 aliphatic heterocycles. The van der Waals surface area contributed by atoms with Crippen LogP contribution in [-0.4, -0.2) is 56.0 Å². The van der Waals surface area contributed by atoms with Gasteiger partial charge in [0, 0.05) is 26.4 Å². The molecule has 0 spiro atoms. The Hall–Kier alpha value is -3.13. The summed E-state index contributed by atoms with van der Waals surface area (Å²) < 4.78 is 16.0. The smallest absolute Gasteiger partial charge is 0.407 e. The zero-order chi connectivity index (χ0) is 21.3. The molecular formula is C22H27N3O5. The van der Waals surface area contributed by atoms with Crippen LogP contribution >= 0.6 is 0 Å². The number of hydrogen-bond acceptors (Lipinski definition) is 7. The molecule has 2 aromatic rings. The summed E-state index contributed by atoms with van der Waals surface area (Å²) in [6.07, 6.45) is 3.17. The van der Waals surface area contributed by atoms with Crippen molar-refractivity contribution in [1.82, 2.24) is 10.3 Å². The molecule has 8 nitrogen and oxygen atoms in total. The molecule has 3 rings (SSSR count). The third-order valence-corrected chi connectivity index (χ3v) is 4.98. The first-order valence-corrected chi connectivity index (χ1v) is 9.97. The van der Waals surface area contributed by atoms with E-state index in [2.05, 4.69) is 15.2 Å².